The molecule has 0 amide bonds. The van der Waals surface area contributed by atoms with Gasteiger partial charge < -0.3 is 9.47 Å². The van der Waals surface area contributed by atoms with Crippen molar-refractivity contribution in [3.63, 3.8) is 0 Å². The van der Waals surface area contributed by atoms with Gasteiger partial charge in [0, 0.05) is 12.2 Å². The molecule has 0 aliphatic heterocycles. The molecule has 0 heterocycles. The van der Waals surface area contributed by atoms with E-state index in [2.05, 4.69) is 13.8 Å². The molecule has 4 nitrogen and oxygen atoms in total. The lowest BCUT2D eigenvalue weighted by atomic mass is 10.1. The summed E-state index contributed by atoms with van der Waals surface area (Å²) in [4.78, 5) is 22.8. The Hall–Kier alpha value is -1.32. The Bertz CT molecular complexity index is 280. The van der Waals surface area contributed by atoms with Crippen molar-refractivity contribution in [1.82, 2.24) is 0 Å². The van der Waals surface area contributed by atoms with E-state index in [9.17, 15) is 9.59 Å². The van der Waals surface area contributed by atoms with Gasteiger partial charge >= 0.3 is 11.9 Å². The van der Waals surface area contributed by atoms with Gasteiger partial charge in [-0.05, 0) is 24.7 Å². The molecule has 0 aromatic carbocycles. The monoisotopic (exact) mass is 284 g/mol. The molecule has 0 saturated heterocycles. The average molecular weight is 284 g/mol. The zero-order chi connectivity index (χ0) is 15.4. The van der Waals surface area contributed by atoms with Gasteiger partial charge in [0.1, 0.15) is 0 Å². The Balaban J connectivity index is 3.85. The van der Waals surface area contributed by atoms with Crippen LogP contribution in [-0.4, -0.2) is 25.2 Å². The van der Waals surface area contributed by atoms with Crippen LogP contribution in [0.2, 0.25) is 0 Å². The van der Waals surface area contributed by atoms with Crippen molar-refractivity contribution in [3.05, 3.63) is 12.2 Å². The number of hydrogen-bond donors (Lipinski definition) is 0. The summed E-state index contributed by atoms with van der Waals surface area (Å²) in [6.45, 7) is 9.02. The molecule has 0 bridgehead atoms. The van der Waals surface area contributed by atoms with E-state index in [1.807, 2.05) is 13.8 Å². The van der Waals surface area contributed by atoms with Crippen molar-refractivity contribution in [2.24, 2.45) is 11.8 Å². The van der Waals surface area contributed by atoms with Crippen molar-refractivity contribution in [3.8, 4) is 0 Å². The van der Waals surface area contributed by atoms with Gasteiger partial charge in [-0.3, -0.25) is 0 Å². The van der Waals surface area contributed by atoms with Gasteiger partial charge in [-0.1, -0.05) is 40.5 Å². The standard InChI is InChI=1S/C16H28O4/c1-5-7-13(3)11-19-15(17)9-10-16(18)20-12-14(4)8-6-2/h9-10,13-14H,5-8,11-12H2,1-4H3/b10-9+. The molecule has 0 aliphatic carbocycles. The largest absolute Gasteiger partial charge is 0.462 e. The highest BCUT2D eigenvalue weighted by Gasteiger charge is 2.06. The Morgan fingerprint density at radius 2 is 1.20 bits per heavy atom. The Kier molecular flexibility index (Phi) is 10.7. The summed E-state index contributed by atoms with van der Waals surface area (Å²) in [6, 6.07) is 0. The van der Waals surface area contributed by atoms with E-state index in [1.54, 1.807) is 0 Å². The fourth-order valence-electron chi connectivity index (χ4n) is 1.83. The van der Waals surface area contributed by atoms with Crippen LogP contribution >= 0.6 is 0 Å². The first-order chi connectivity index (χ1) is 9.49. The molecule has 2 unspecified atom stereocenters. The lowest BCUT2D eigenvalue weighted by Crippen LogP contribution is -2.12. The number of carbonyl (C=O) groups is 2. The van der Waals surface area contributed by atoms with Gasteiger partial charge in [0.2, 0.25) is 0 Å². The van der Waals surface area contributed by atoms with Gasteiger partial charge in [-0.2, -0.15) is 0 Å². The molecule has 0 aromatic rings. The SMILES string of the molecule is CCCC(C)COC(=O)/C=C/C(=O)OCC(C)CCC. The molecule has 0 saturated carbocycles. The van der Waals surface area contributed by atoms with Crippen molar-refractivity contribution < 1.29 is 19.1 Å². The third kappa shape index (κ3) is 10.6. The van der Waals surface area contributed by atoms with E-state index in [1.165, 1.54) is 0 Å². The van der Waals surface area contributed by atoms with E-state index in [-0.39, 0.29) is 0 Å². The highest BCUT2D eigenvalue weighted by molar-refractivity contribution is 5.91. The molecule has 0 spiro atoms. The zero-order valence-electron chi connectivity index (χ0n) is 13.2. The number of esters is 2. The summed E-state index contributed by atoms with van der Waals surface area (Å²) < 4.78 is 10.1. The number of carbonyl (C=O) groups excluding carboxylic acids is 2. The van der Waals surface area contributed by atoms with Crippen LogP contribution in [0.25, 0.3) is 0 Å². The van der Waals surface area contributed by atoms with Crippen molar-refractivity contribution >= 4 is 11.9 Å². The summed E-state index contributed by atoms with van der Waals surface area (Å²) in [5, 5.41) is 0. The van der Waals surface area contributed by atoms with Crippen LogP contribution in [0.15, 0.2) is 12.2 Å². The fourth-order valence-corrected chi connectivity index (χ4v) is 1.83. The van der Waals surface area contributed by atoms with Gasteiger partial charge in [0.25, 0.3) is 0 Å². The molecule has 0 aliphatic rings. The highest BCUT2D eigenvalue weighted by atomic mass is 16.5. The second-order valence-electron chi connectivity index (χ2n) is 5.38. The van der Waals surface area contributed by atoms with E-state index in [0.717, 1.165) is 37.8 Å². The van der Waals surface area contributed by atoms with Crippen molar-refractivity contribution in [1.29, 1.82) is 0 Å². The first-order valence-corrected chi connectivity index (χ1v) is 7.51. The van der Waals surface area contributed by atoms with E-state index < -0.39 is 11.9 Å². The van der Waals surface area contributed by atoms with E-state index >= 15 is 0 Å². The predicted octanol–water partition coefficient (Wildman–Crippen LogP) is 3.50. The Labute approximate surface area is 122 Å². The number of hydrogen-bond acceptors (Lipinski definition) is 4. The van der Waals surface area contributed by atoms with Gasteiger partial charge in [0.05, 0.1) is 13.2 Å². The van der Waals surface area contributed by atoms with Crippen LogP contribution in [0.5, 0.6) is 0 Å². The normalized spacial score (nSPS) is 14.0. The second-order valence-corrected chi connectivity index (χ2v) is 5.38. The molecule has 0 fully saturated rings. The molecule has 0 aromatic heterocycles. The maximum absolute atomic E-state index is 11.4. The van der Waals surface area contributed by atoms with Crippen LogP contribution in [0.3, 0.4) is 0 Å². The molecule has 4 heteroatoms. The Morgan fingerprint density at radius 1 is 0.850 bits per heavy atom. The summed E-state index contributed by atoms with van der Waals surface area (Å²) >= 11 is 0. The summed E-state index contributed by atoms with van der Waals surface area (Å²) in [5.74, 6) is -0.295. The van der Waals surface area contributed by atoms with Gasteiger partial charge in [-0.15, -0.1) is 0 Å². The van der Waals surface area contributed by atoms with Crippen LogP contribution in [0.4, 0.5) is 0 Å². The van der Waals surface area contributed by atoms with Crippen LogP contribution in [0, 0.1) is 11.8 Å². The number of rotatable bonds is 10. The summed E-state index contributed by atoms with van der Waals surface area (Å²) in [7, 11) is 0. The smallest absolute Gasteiger partial charge is 0.331 e. The first kappa shape index (κ1) is 18.7. The minimum Gasteiger partial charge on any atom is -0.462 e. The van der Waals surface area contributed by atoms with E-state index in [0.29, 0.717) is 25.0 Å². The van der Waals surface area contributed by atoms with Crippen LogP contribution < -0.4 is 0 Å². The maximum atomic E-state index is 11.4. The topological polar surface area (TPSA) is 52.6 Å². The van der Waals surface area contributed by atoms with E-state index in [4.69, 9.17) is 9.47 Å². The summed E-state index contributed by atoms with van der Waals surface area (Å²) in [6.07, 6.45) is 6.44. The van der Waals surface area contributed by atoms with Crippen LogP contribution in [-0.2, 0) is 19.1 Å². The second kappa shape index (κ2) is 11.5. The third-order valence-electron chi connectivity index (χ3n) is 2.94. The number of ether oxygens (including phenoxy) is 2. The lowest BCUT2D eigenvalue weighted by Gasteiger charge is -2.10. The third-order valence-corrected chi connectivity index (χ3v) is 2.94. The minimum absolute atomic E-state index is 0.346. The highest BCUT2D eigenvalue weighted by Crippen LogP contribution is 2.06. The quantitative estimate of drug-likeness (QED) is 0.455. The van der Waals surface area contributed by atoms with Crippen molar-refractivity contribution in [2.75, 3.05) is 13.2 Å². The molecule has 116 valence electrons. The van der Waals surface area contributed by atoms with Crippen molar-refractivity contribution in [2.45, 2.75) is 53.4 Å². The zero-order valence-corrected chi connectivity index (χ0v) is 13.2. The predicted molar refractivity (Wildman–Crippen MR) is 79.2 cm³/mol. The molecule has 0 radical (unpaired) electrons. The molecular weight excluding hydrogens is 256 g/mol. The maximum Gasteiger partial charge on any atom is 0.331 e. The van der Waals surface area contributed by atoms with Gasteiger partial charge in [-0.25, -0.2) is 9.59 Å². The molecule has 0 rings (SSSR count). The van der Waals surface area contributed by atoms with Crippen LogP contribution in [0.1, 0.15) is 53.4 Å². The van der Waals surface area contributed by atoms with Gasteiger partial charge in [0.15, 0.2) is 0 Å². The lowest BCUT2D eigenvalue weighted by molar-refractivity contribution is -0.141. The average Bonchev–Trinajstić information content (AvgIpc) is 2.41. The molecule has 2 atom stereocenters. The Morgan fingerprint density at radius 3 is 1.50 bits per heavy atom. The molecule has 0 N–H and O–H groups in total. The first-order valence-electron chi connectivity index (χ1n) is 7.51. The minimum atomic E-state index is -0.494. The fraction of sp³-hybridized carbons (Fsp3) is 0.750. The molecular formula is C16H28O4. The summed E-state index contributed by atoms with van der Waals surface area (Å²) in [5.41, 5.74) is 0. The molecule has 20 heavy (non-hydrogen) atoms.